The van der Waals surface area contributed by atoms with E-state index in [-0.39, 0.29) is 12.6 Å². The van der Waals surface area contributed by atoms with E-state index in [0.29, 0.717) is 0 Å². The number of aliphatic hydroxyl groups is 1. The monoisotopic (exact) mass is 340 g/mol. The highest BCUT2D eigenvalue weighted by Gasteiger charge is 2.13. The third-order valence-electron chi connectivity index (χ3n) is 4.85. The Bertz CT molecular complexity index is 668. The van der Waals surface area contributed by atoms with E-state index in [0.717, 1.165) is 45.0 Å². The van der Waals surface area contributed by atoms with Crippen molar-refractivity contribution in [2.75, 3.05) is 26.3 Å². The zero-order valence-electron chi connectivity index (χ0n) is 14.9. The van der Waals surface area contributed by atoms with Gasteiger partial charge in [0.1, 0.15) is 0 Å². The van der Waals surface area contributed by atoms with Crippen LogP contribution in [0.2, 0.25) is 0 Å². The van der Waals surface area contributed by atoms with E-state index in [2.05, 4.69) is 53.5 Å². The molecule has 2 N–H and O–H groups in total. The fraction of sp³-hybridized carbons (Fsp3) is 0.429. The lowest BCUT2D eigenvalue weighted by atomic mass is 10.0. The van der Waals surface area contributed by atoms with Crippen LogP contribution in [0.5, 0.6) is 0 Å². The van der Waals surface area contributed by atoms with Crippen LogP contribution in [0.25, 0.3) is 0 Å². The van der Waals surface area contributed by atoms with Gasteiger partial charge in [0.05, 0.1) is 19.8 Å². The first-order chi connectivity index (χ1) is 12.3. The number of ether oxygens (including phenoxy) is 1. The summed E-state index contributed by atoms with van der Waals surface area (Å²) >= 11 is 0. The van der Waals surface area contributed by atoms with E-state index < -0.39 is 0 Å². The van der Waals surface area contributed by atoms with Gasteiger partial charge in [0.15, 0.2) is 0 Å². The Balaban J connectivity index is 1.62. The van der Waals surface area contributed by atoms with Gasteiger partial charge in [-0.05, 0) is 29.2 Å². The summed E-state index contributed by atoms with van der Waals surface area (Å²) in [6.45, 7) is 7.75. The van der Waals surface area contributed by atoms with E-state index in [1.54, 1.807) is 0 Å². The van der Waals surface area contributed by atoms with Crippen molar-refractivity contribution >= 4 is 0 Å². The minimum absolute atomic E-state index is 0.0863. The van der Waals surface area contributed by atoms with Crippen LogP contribution in [0.1, 0.15) is 35.2 Å². The van der Waals surface area contributed by atoms with Crippen LogP contribution in [0, 0.1) is 0 Å². The van der Waals surface area contributed by atoms with E-state index in [1.165, 1.54) is 16.7 Å². The number of hydrogen-bond donors (Lipinski definition) is 2. The molecule has 1 heterocycles. The van der Waals surface area contributed by atoms with Crippen molar-refractivity contribution in [3.05, 3.63) is 70.8 Å². The molecular weight excluding hydrogens is 312 g/mol. The molecule has 4 heteroatoms. The molecule has 1 aliphatic rings. The standard InChI is InChI=1S/C21H28N2O2/c1-17(19-8-4-5-18(13-19)16-24)22-14-20-6-2-3-7-21(20)15-23-9-11-25-12-10-23/h2-8,13,17,22,24H,9-12,14-16H2,1H3. The number of morpholine rings is 1. The van der Waals surface area contributed by atoms with E-state index in [9.17, 15) is 5.11 Å². The van der Waals surface area contributed by atoms with Gasteiger partial charge in [0, 0.05) is 32.2 Å². The SMILES string of the molecule is CC(NCc1ccccc1CN1CCOCC1)c1cccc(CO)c1. The lowest BCUT2D eigenvalue weighted by Gasteiger charge is -2.27. The number of nitrogens with one attached hydrogen (secondary N) is 1. The largest absolute Gasteiger partial charge is 0.392 e. The highest BCUT2D eigenvalue weighted by atomic mass is 16.5. The van der Waals surface area contributed by atoms with Crippen molar-refractivity contribution in [3.63, 3.8) is 0 Å². The molecular formula is C21H28N2O2. The molecule has 134 valence electrons. The fourth-order valence-electron chi connectivity index (χ4n) is 3.23. The lowest BCUT2D eigenvalue weighted by molar-refractivity contribution is 0.0340. The number of rotatable bonds is 7. The molecule has 1 unspecified atom stereocenters. The first-order valence-electron chi connectivity index (χ1n) is 9.06. The van der Waals surface area contributed by atoms with Crippen LogP contribution >= 0.6 is 0 Å². The third kappa shape index (κ3) is 5.13. The van der Waals surface area contributed by atoms with E-state index in [1.807, 2.05) is 12.1 Å². The van der Waals surface area contributed by atoms with E-state index >= 15 is 0 Å². The van der Waals surface area contributed by atoms with Gasteiger partial charge in [-0.1, -0.05) is 48.5 Å². The maximum atomic E-state index is 9.31. The van der Waals surface area contributed by atoms with Crippen LogP contribution < -0.4 is 5.32 Å². The zero-order chi connectivity index (χ0) is 17.5. The average molecular weight is 340 g/mol. The molecule has 2 aromatic carbocycles. The summed E-state index contributed by atoms with van der Waals surface area (Å²) in [6.07, 6.45) is 0. The Kier molecular flexibility index (Phi) is 6.59. The lowest BCUT2D eigenvalue weighted by Crippen LogP contribution is -2.36. The molecule has 0 amide bonds. The second kappa shape index (κ2) is 9.11. The maximum Gasteiger partial charge on any atom is 0.0681 e. The van der Waals surface area contributed by atoms with Crippen molar-refractivity contribution in [2.24, 2.45) is 0 Å². The summed E-state index contributed by atoms with van der Waals surface area (Å²) in [5, 5.41) is 12.9. The smallest absolute Gasteiger partial charge is 0.0681 e. The predicted octanol–water partition coefficient (Wildman–Crippen LogP) is 2.86. The molecule has 25 heavy (non-hydrogen) atoms. The fourth-order valence-corrected chi connectivity index (χ4v) is 3.23. The third-order valence-corrected chi connectivity index (χ3v) is 4.85. The summed E-state index contributed by atoms with van der Waals surface area (Å²) in [6, 6.07) is 17.0. The average Bonchev–Trinajstić information content (AvgIpc) is 2.68. The van der Waals surface area contributed by atoms with Gasteiger partial charge in [0.2, 0.25) is 0 Å². The minimum Gasteiger partial charge on any atom is -0.392 e. The summed E-state index contributed by atoms with van der Waals surface area (Å²) in [4.78, 5) is 2.45. The molecule has 1 fully saturated rings. The van der Waals surface area contributed by atoms with Gasteiger partial charge in [0.25, 0.3) is 0 Å². The van der Waals surface area contributed by atoms with Crippen LogP contribution in [0.3, 0.4) is 0 Å². The Morgan fingerprint density at radius 3 is 2.60 bits per heavy atom. The second-order valence-corrected chi connectivity index (χ2v) is 6.66. The molecule has 0 aromatic heterocycles. The van der Waals surface area contributed by atoms with Gasteiger partial charge in [-0.2, -0.15) is 0 Å². The van der Waals surface area contributed by atoms with Crippen molar-refractivity contribution in [1.82, 2.24) is 10.2 Å². The normalized spacial score (nSPS) is 16.7. The number of nitrogens with zero attached hydrogens (tertiary/aromatic N) is 1. The molecule has 1 atom stereocenters. The molecule has 3 rings (SSSR count). The molecule has 0 bridgehead atoms. The highest BCUT2D eigenvalue weighted by molar-refractivity contribution is 5.28. The summed E-state index contributed by atoms with van der Waals surface area (Å²) < 4.78 is 5.44. The van der Waals surface area contributed by atoms with Crippen molar-refractivity contribution < 1.29 is 9.84 Å². The minimum atomic E-state index is 0.0863. The van der Waals surface area contributed by atoms with Crippen LogP contribution in [0.15, 0.2) is 48.5 Å². The summed E-state index contributed by atoms with van der Waals surface area (Å²) in [5.41, 5.74) is 4.89. The molecule has 0 aliphatic carbocycles. The first-order valence-corrected chi connectivity index (χ1v) is 9.06. The zero-order valence-corrected chi connectivity index (χ0v) is 14.9. The summed E-state index contributed by atoms with van der Waals surface area (Å²) in [7, 11) is 0. The van der Waals surface area contributed by atoms with Crippen LogP contribution in [-0.2, 0) is 24.4 Å². The first kappa shape index (κ1) is 18.1. The number of hydrogen-bond acceptors (Lipinski definition) is 4. The quantitative estimate of drug-likeness (QED) is 0.813. The number of benzene rings is 2. The van der Waals surface area contributed by atoms with Crippen molar-refractivity contribution in [3.8, 4) is 0 Å². The Morgan fingerprint density at radius 2 is 1.84 bits per heavy atom. The summed E-state index contributed by atoms with van der Waals surface area (Å²) in [5.74, 6) is 0. The highest BCUT2D eigenvalue weighted by Crippen LogP contribution is 2.17. The Hall–Kier alpha value is -1.72. The number of aliphatic hydroxyl groups excluding tert-OH is 1. The molecule has 2 aromatic rings. The Labute approximate surface area is 150 Å². The van der Waals surface area contributed by atoms with Crippen LogP contribution in [-0.4, -0.2) is 36.3 Å². The van der Waals surface area contributed by atoms with Gasteiger partial charge in [-0.25, -0.2) is 0 Å². The van der Waals surface area contributed by atoms with Crippen LogP contribution in [0.4, 0.5) is 0 Å². The van der Waals surface area contributed by atoms with E-state index in [4.69, 9.17) is 4.74 Å². The Morgan fingerprint density at radius 1 is 1.08 bits per heavy atom. The second-order valence-electron chi connectivity index (χ2n) is 6.66. The molecule has 1 aliphatic heterocycles. The van der Waals surface area contributed by atoms with Crippen molar-refractivity contribution in [2.45, 2.75) is 32.7 Å². The van der Waals surface area contributed by atoms with Crippen molar-refractivity contribution in [1.29, 1.82) is 0 Å². The van der Waals surface area contributed by atoms with Gasteiger partial charge >= 0.3 is 0 Å². The molecule has 0 spiro atoms. The van der Waals surface area contributed by atoms with Gasteiger partial charge in [-0.3, -0.25) is 4.90 Å². The topological polar surface area (TPSA) is 44.7 Å². The maximum absolute atomic E-state index is 9.31. The van der Waals surface area contributed by atoms with Gasteiger partial charge in [-0.15, -0.1) is 0 Å². The molecule has 4 nitrogen and oxygen atoms in total. The predicted molar refractivity (Wildman–Crippen MR) is 100 cm³/mol. The molecule has 1 saturated heterocycles. The molecule has 0 saturated carbocycles. The van der Waals surface area contributed by atoms with Gasteiger partial charge < -0.3 is 15.2 Å². The molecule has 0 radical (unpaired) electrons.